The van der Waals surface area contributed by atoms with Crippen LogP contribution in [0.25, 0.3) is 0 Å². The molecule has 1 aliphatic rings. The minimum Gasteiger partial charge on any atom is -0.497 e. The number of likely N-dealkylation sites (N-methyl/N-ethyl adjacent to an activating group) is 2. The van der Waals surface area contributed by atoms with Crippen molar-refractivity contribution in [1.82, 2.24) is 19.5 Å². The molecule has 1 heterocycles. The van der Waals surface area contributed by atoms with Gasteiger partial charge in [-0.25, -0.2) is 13.4 Å². The van der Waals surface area contributed by atoms with E-state index in [0.29, 0.717) is 42.1 Å². The summed E-state index contributed by atoms with van der Waals surface area (Å²) in [5.74, 6) is 0.151. The normalized spacial score (nSPS) is 14.5. The van der Waals surface area contributed by atoms with Crippen molar-refractivity contribution in [2.45, 2.75) is 43.7 Å². The molecule has 1 aromatic carbocycles. The van der Waals surface area contributed by atoms with Gasteiger partial charge in [-0.2, -0.15) is 4.31 Å². The fraction of sp³-hybridized carbons (Fsp3) is 0.435. The number of methoxy groups -OCH3 is 1. The second-order valence-electron chi connectivity index (χ2n) is 8.62. The summed E-state index contributed by atoms with van der Waals surface area (Å²) in [6.45, 7) is 3.45. The van der Waals surface area contributed by atoms with Crippen LogP contribution < -0.4 is 15.8 Å². The lowest BCUT2D eigenvalue weighted by Crippen LogP contribution is -2.51. The predicted octanol–water partition coefficient (Wildman–Crippen LogP) is 1.22. The van der Waals surface area contributed by atoms with Crippen LogP contribution in [0.1, 0.15) is 29.5 Å². The third-order valence-corrected chi connectivity index (χ3v) is 8.36. The Kier molecular flexibility index (Phi) is 7.18. The molecule has 0 atom stereocenters. The Hall–Kier alpha value is -3.18. The first kappa shape index (κ1) is 25.4. The number of aromatic nitrogens is 1. The number of amides is 2. The molecule has 0 unspecified atom stereocenters. The lowest BCUT2D eigenvalue weighted by molar-refractivity contribution is -0.133. The van der Waals surface area contributed by atoms with E-state index in [1.165, 1.54) is 19.1 Å². The molecule has 0 spiro atoms. The minimum absolute atomic E-state index is 0.155. The average molecular weight is 490 g/mol. The van der Waals surface area contributed by atoms with Crippen LogP contribution in [-0.4, -0.2) is 67.7 Å². The Morgan fingerprint density at radius 3 is 2.29 bits per heavy atom. The highest BCUT2D eigenvalue weighted by atomic mass is 32.2. The quantitative estimate of drug-likeness (QED) is 0.541. The fourth-order valence-corrected chi connectivity index (χ4v) is 5.88. The number of carbonyl (C=O) groups excluding carboxylic acids is 2. The van der Waals surface area contributed by atoms with Crippen molar-refractivity contribution in [3.63, 3.8) is 0 Å². The molecule has 2 aromatic rings. The number of hydrogen-bond donors (Lipinski definition) is 2. The van der Waals surface area contributed by atoms with E-state index < -0.39 is 21.5 Å². The summed E-state index contributed by atoms with van der Waals surface area (Å²) in [4.78, 5) is 31.1. The van der Waals surface area contributed by atoms with Crippen LogP contribution in [0.15, 0.2) is 35.4 Å². The Bertz CT molecular complexity index is 1170. The molecule has 0 radical (unpaired) electrons. The van der Waals surface area contributed by atoms with E-state index in [1.807, 2.05) is 0 Å². The molecule has 2 amide bonds. The van der Waals surface area contributed by atoms with Gasteiger partial charge in [0.15, 0.2) is 0 Å². The second-order valence-corrected chi connectivity index (χ2v) is 10.5. The maximum absolute atomic E-state index is 13.5. The first-order chi connectivity index (χ1) is 15.9. The van der Waals surface area contributed by atoms with E-state index >= 15 is 0 Å². The molecular formula is C23H31N5O5S. The summed E-state index contributed by atoms with van der Waals surface area (Å²) in [6, 6.07) is 6.72. The lowest BCUT2D eigenvalue weighted by atomic mass is 10.1. The molecule has 10 nitrogen and oxygen atoms in total. The number of carbonyl (C=O) groups is 2. The molecule has 0 aliphatic heterocycles. The second kappa shape index (κ2) is 9.59. The Morgan fingerprint density at radius 1 is 1.18 bits per heavy atom. The van der Waals surface area contributed by atoms with E-state index in [2.05, 4.69) is 10.3 Å². The standard InChI is InChI=1S/C23H31N5O5S/c1-15-10-18(33-5)11-16(2)21(15)34(31,32)28(4)23(8-9-23)22(30)26-13-20(29)27(3)14-17-6-7-19(24)25-12-17/h6-7,10-12H,8-9,13-14H2,1-5H3,(H2,24,25)(H,26,30). The zero-order valence-corrected chi connectivity index (χ0v) is 20.9. The van der Waals surface area contributed by atoms with Crippen LogP contribution in [0, 0.1) is 13.8 Å². The van der Waals surface area contributed by atoms with Gasteiger partial charge in [0.1, 0.15) is 17.1 Å². The molecule has 0 saturated heterocycles. The van der Waals surface area contributed by atoms with Crippen LogP contribution in [0.3, 0.4) is 0 Å². The number of ether oxygens (including phenoxy) is 1. The number of nitrogens with two attached hydrogens (primary N) is 1. The average Bonchev–Trinajstić information content (AvgIpc) is 3.59. The SMILES string of the molecule is COc1cc(C)c(S(=O)(=O)N(C)C2(C(=O)NCC(=O)N(C)Cc3ccc(N)nc3)CC2)c(C)c1. The highest BCUT2D eigenvalue weighted by Crippen LogP contribution is 2.44. The van der Waals surface area contributed by atoms with Gasteiger partial charge >= 0.3 is 0 Å². The number of benzene rings is 1. The summed E-state index contributed by atoms with van der Waals surface area (Å²) in [6.07, 6.45) is 2.34. The van der Waals surface area contributed by atoms with Crippen molar-refractivity contribution < 1.29 is 22.7 Å². The summed E-state index contributed by atoms with van der Waals surface area (Å²) in [7, 11) is 0.581. The number of rotatable bonds is 9. The van der Waals surface area contributed by atoms with Crippen LogP contribution in [0.5, 0.6) is 5.75 Å². The van der Waals surface area contributed by atoms with E-state index in [4.69, 9.17) is 10.5 Å². The van der Waals surface area contributed by atoms with E-state index in [0.717, 1.165) is 9.87 Å². The van der Waals surface area contributed by atoms with Gasteiger partial charge in [0.2, 0.25) is 21.8 Å². The van der Waals surface area contributed by atoms with Crippen molar-refractivity contribution in [2.75, 3.05) is 33.5 Å². The van der Waals surface area contributed by atoms with Gasteiger partial charge in [-0.1, -0.05) is 6.07 Å². The van der Waals surface area contributed by atoms with Gasteiger partial charge in [0, 0.05) is 26.8 Å². The summed E-state index contributed by atoms with van der Waals surface area (Å²) < 4.78 is 33.3. The third kappa shape index (κ3) is 5.00. The molecule has 3 rings (SSSR count). The molecule has 1 fully saturated rings. The van der Waals surface area contributed by atoms with Gasteiger partial charge in [-0.15, -0.1) is 0 Å². The highest BCUT2D eigenvalue weighted by Gasteiger charge is 2.57. The molecule has 184 valence electrons. The zero-order valence-electron chi connectivity index (χ0n) is 20.1. The van der Waals surface area contributed by atoms with Crippen LogP contribution in [0.4, 0.5) is 5.82 Å². The molecule has 34 heavy (non-hydrogen) atoms. The summed E-state index contributed by atoms with van der Waals surface area (Å²) >= 11 is 0. The number of aryl methyl sites for hydroxylation is 2. The number of nitrogens with one attached hydrogen (secondary N) is 1. The number of anilines is 1. The number of pyridine rings is 1. The Balaban J connectivity index is 1.68. The van der Waals surface area contributed by atoms with Crippen LogP contribution in [-0.2, 0) is 26.2 Å². The van der Waals surface area contributed by atoms with E-state index in [9.17, 15) is 18.0 Å². The summed E-state index contributed by atoms with van der Waals surface area (Å²) in [5, 5.41) is 2.62. The number of nitrogens with zero attached hydrogens (tertiary/aromatic N) is 3. The van der Waals surface area contributed by atoms with Crippen LogP contribution in [0.2, 0.25) is 0 Å². The lowest BCUT2D eigenvalue weighted by Gasteiger charge is -2.28. The Labute approximate surface area is 200 Å². The molecule has 3 N–H and O–H groups in total. The highest BCUT2D eigenvalue weighted by molar-refractivity contribution is 7.89. The molecule has 1 aliphatic carbocycles. The third-order valence-electron chi connectivity index (χ3n) is 6.13. The van der Waals surface area contributed by atoms with Gasteiger partial charge in [0.05, 0.1) is 18.6 Å². The van der Waals surface area contributed by atoms with Gasteiger partial charge in [-0.05, 0) is 61.6 Å². The van der Waals surface area contributed by atoms with Gasteiger partial charge in [-0.3, -0.25) is 9.59 Å². The maximum Gasteiger partial charge on any atom is 0.244 e. The maximum atomic E-state index is 13.5. The first-order valence-corrected chi connectivity index (χ1v) is 12.2. The molecule has 1 saturated carbocycles. The zero-order chi connectivity index (χ0) is 25.3. The monoisotopic (exact) mass is 489 g/mol. The predicted molar refractivity (Wildman–Crippen MR) is 128 cm³/mol. The molecule has 11 heteroatoms. The van der Waals surface area contributed by atoms with Crippen molar-refractivity contribution in [3.05, 3.63) is 47.2 Å². The Morgan fingerprint density at radius 2 is 1.79 bits per heavy atom. The topological polar surface area (TPSA) is 135 Å². The molecule has 1 aromatic heterocycles. The number of sulfonamides is 1. The van der Waals surface area contributed by atoms with Gasteiger partial charge in [0.25, 0.3) is 0 Å². The first-order valence-electron chi connectivity index (χ1n) is 10.8. The minimum atomic E-state index is -3.96. The number of nitrogen functional groups attached to an aromatic ring is 1. The van der Waals surface area contributed by atoms with Crippen molar-refractivity contribution >= 4 is 27.7 Å². The molecular weight excluding hydrogens is 458 g/mol. The van der Waals surface area contributed by atoms with Gasteiger partial charge < -0.3 is 20.7 Å². The smallest absolute Gasteiger partial charge is 0.244 e. The van der Waals surface area contributed by atoms with E-state index in [-0.39, 0.29) is 17.3 Å². The van der Waals surface area contributed by atoms with Crippen molar-refractivity contribution in [2.24, 2.45) is 0 Å². The summed E-state index contributed by atoms with van der Waals surface area (Å²) in [5.41, 5.74) is 6.23. The van der Waals surface area contributed by atoms with Crippen molar-refractivity contribution in [3.8, 4) is 5.75 Å². The molecule has 0 bridgehead atoms. The number of hydrogen-bond acceptors (Lipinski definition) is 7. The van der Waals surface area contributed by atoms with Crippen LogP contribution >= 0.6 is 0 Å². The van der Waals surface area contributed by atoms with E-state index in [1.54, 1.807) is 51.4 Å². The fourth-order valence-electron chi connectivity index (χ4n) is 3.95. The van der Waals surface area contributed by atoms with Crippen molar-refractivity contribution in [1.29, 1.82) is 0 Å². The largest absolute Gasteiger partial charge is 0.497 e.